The van der Waals surface area contributed by atoms with E-state index in [1.807, 2.05) is 13.8 Å². The maximum atomic E-state index is 6.11. The Morgan fingerprint density at radius 2 is 2.06 bits per heavy atom. The molecule has 2 aliphatic rings. The van der Waals surface area contributed by atoms with E-state index in [1.165, 1.54) is 32.4 Å². The maximum absolute atomic E-state index is 6.11. The third-order valence-corrected chi connectivity index (χ3v) is 4.49. The topological polar surface area (TPSA) is 41.1 Å². The lowest BCUT2D eigenvalue weighted by atomic mass is 10.1. The molecular weight excluding hydrogens is 248 g/mol. The Bertz CT molecular complexity index is 463. The Hall–Kier alpha value is -0.870. The molecule has 0 spiro atoms. The van der Waals surface area contributed by atoms with E-state index in [2.05, 4.69) is 20.2 Å². The van der Waals surface area contributed by atoms with Gasteiger partial charge in [0.15, 0.2) is 0 Å². The molecule has 0 amide bonds. The van der Waals surface area contributed by atoms with Gasteiger partial charge < -0.3 is 5.32 Å². The fourth-order valence-electron chi connectivity index (χ4n) is 3.16. The van der Waals surface area contributed by atoms with Crippen molar-refractivity contribution in [1.82, 2.24) is 14.9 Å². The fraction of sp³-hybridized carbons (Fsp3) is 0.692. The number of nitrogens with zero attached hydrogens (tertiary/aromatic N) is 3. The highest BCUT2D eigenvalue weighted by atomic mass is 35.5. The highest BCUT2D eigenvalue weighted by Crippen LogP contribution is 2.31. The van der Waals surface area contributed by atoms with E-state index in [-0.39, 0.29) is 0 Å². The Morgan fingerprint density at radius 3 is 2.89 bits per heavy atom. The van der Waals surface area contributed by atoms with Crippen molar-refractivity contribution in [3.05, 3.63) is 16.5 Å². The van der Waals surface area contributed by atoms with Crippen LogP contribution < -0.4 is 5.32 Å². The zero-order valence-electron chi connectivity index (χ0n) is 10.9. The molecule has 4 nitrogen and oxygen atoms in total. The molecular formula is C13H19ClN4. The Balaban J connectivity index is 1.80. The van der Waals surface area contributed by atoms with Crippen molar-refractivity contribution in [3.63, 3.8) is 0 Å². The highest BCUT2D eigenvalue weighted by Gasteiger charge is 2.37. The minimum Gasteiger partial charge on any atom is -0.365 e. The first kappa shape index (κ1) is 12.2. The summed E-state index contributed by atoms with van der Waals surface area (Å²) in [5.41, 5.74) is 0.957. The van der Waals surface area contributed by atoms with Gasteiger partial charge in [0.2, 0.25) is 0 Å². The van der Waals surface area contributed by atoms with Crippen LogP contribution in [-0.2, 0) is 0 Å². The van der Waals surface area contributed by atoms with Crippen LogP contribution in [0.25, 0.3) is 0 Å². The molecule has 1 N–H and O–H groups in total. The van der Waals surface area contributed by atoms with Gasteiger partial charge in [0.1, 0.15) is 16.8 Å². The number of aryl methyl sites for hydroxylation is 1. The minimum atomic E-state index is 0.511. The van der Waals surface area contributed by atoms with Crippen LogP contribution in [0.2, 0.25) is 5.15 Å². The Kier molecular flexibility index (Phi) is 3.16. The third-order valence-electron chi connectivity index (χ3n) is 4.13. The average Bonchev–Trinajstić information content (AvgIpc) is 2.90. The van der Waals surface area contributed by atoms with Crippen molar-refractivity contribution in [1.29, 1.82) is 0 Å². The van der Waals surface area contributed by atoms with Crippen molar-refractivity contribution in [2.24, 2.45) is 0 Å². The van der Waals surface area contributed by atoms with E-state index in [9.17, 15) is 0 Å². The number of fused-ring (bicyclic) bond motifs is 1. The zero-order chi connectivity index (χ0) is 12.7. The number of anilines is 1. The summed E-state index contributed by atoms with van der Waals surface area (Å²) in [6.07, 6.45) is 3.82. The molecule has 0 bridgehead atoms. The van der Waals surface area contributed by atoms with Crippen LogP contribution in [0.1, 0.15) is 30.7 Å². The summed E-state index contributed by atoms with van der Waals surface area (Å²) >= 11 is 6.11. The van der Waals surface area contributed by atoms with Crippen LogP contribution >= 0.6 is 11.6 Å². The van der Waals surface area contributed by atoms with Crippen molar-refractivity contribution < 1.29 is 0 Å². The van der Waals surface area contributed by atoms with Crippen LogP contribution in [0.3, 0.4) is 0 Å². The van der Waals surface area contributed by atoms with Crippen LogP contribution in [0, 0.1) is 13.8 Å². The minimum absolute atomic E-state index is 0.511. The largest absolute Gasteiger partial charge is 0.365 e. The van der Waals surface area contributed by atoms with Crippen molar-refractivity contribution >= 4 is 17.4 Å². The Labute approximate surface area is 113 Å². The molecule has 0 aromatic carbocycles. The van der Waals surface area contributed by atoms with Gasteiger partial charge >= 0.3 is 0 Å². The van der Waals surface area contributed by atoms with Gasteiger partial charge in [-0.2, -0.15) is 0 Å². The number of halogens is 1. The molecule has 2 atom stereocenters. The van der Waals surface area contributed by atoms with Gasteiger partial charge in [0.25, 0.3) is 0 Å². The molecule has 5 heteroatoms. The standard InChI is InChI=1S/C13H19ClN4/c1-8-12(14)15-9(2)16-13(8)17-10-5-7-18-6-3-4-11(10)18/h10-11H,3-7H2,1-2H3,(H,15,16,17). The quantitative estimate of drug-likeness (QED) is 0.835. The molecule has 1 aromatic heterocycles. The summed E-state index contributed by atoms with van der Waals surface area (Å²) in [7, 11) is 0. The van der Waals surface area contributed by atoms with Crippen molar-refractivity contribution in [2.75, 3.05) is 18.4 Å². The first-order chi connectivity index (χ1) is 8.65. The number of rotatable bonds is 2. The summed E-state index contributed by atoms with van der Waals surface area (Å²) in [6, 6.07) is 1.19. The van der Waals surface area contributed by atoms with Crippen molar-refractivity contribution in [3.8, 4) is 0 Å². The molecule has 0 radical (unpaired) electrons. The molecule has 2 saturated heterocycles. The summed E-state index contributed by atoms with van der Waals surface area (Å²) in [5, 5.41) is 4.15. The van der Waals surface area contributed by atoms with Crippen LogP contribution in [0.15, 0.2) is 0 Å². The molecule has 3 heterocycles. The van der Waals surface area contributed by atoms with Crippen LogP contribution in [0.5, 0.6) is 0 Å². The number of hydrogen-bond donors (Lipinski definition) is 1. The lowest BCUT2D eigenvalue weighted by Gasteiger charge is -2.22. The van der Waals surface area contributed by atoms with Gasteiger partial charge in [-0.1, -0.05) is 11.6 Å². The van der Waals surface area contributed by atoms with E-state index in [4.69, 9.17) is 11.6 Å². The number of hydrogen-bond acceptors (Lipinski definition) is 4. The second kappa shape index (κ2) is 4.67. The smallest absolute Gasteiger partial charge is 0.137 e. The third kappa shape index (κ3) is 2.08. The second-order valence-corrected chi connectivity index (χ2v) is 5.68. The summed E-state index contributed by atoms with van der Waals surface area (Å²) in [4.78, 5) is 11.3. The first-order valence-corrected chi connectivity index (χ1v) is 7.04. The van der Waals surface area contributed by atoms with Crippen molar-refractivity contribution in [2.45, 2.75) is 45.2 Å². The number of nitrogens with one attached hydrogen (secondary N) is 1. The molecule has 2 unspecified atom stereocenters. The van der Waals surface area contributed by atoms with E-state index in [1.54, 1.807) is 0 Å². The normalized spacial score (nSPS) is 27.5. The van der Waals surface area contributed by atoms with Gasteiger partial charge in [-0.3, -0.25) is 4.90 Å². The molecule has 18 heavy (non-hydrogen) atoms. The molecule has 3 rings (SSSR count). The monoisotopic (exact) mass is 266 g/mol. The lowest BCUT2D eigenvalue weighted by molar-refractivity contribution is 0.318. The lowest BCUT2D eigenvalue weighted by Crippen LogP contribution is -2.34. The van der Waals surface area contributed by atoms with Crippen LogP contribution in [0.4, 0.5) is 5.82 Å². The van der Waals surface area contributed by atoms with E-state index in [0.29, 0.717) is 17.2 Å². The highest BCUT2D eigenvalue weighted by molar-refractivity contribution is 6.30. The van der Waals surface area contributed by atoms with Gasteiger partial charge in [-0.05, 0) is 39.7 Å². The molecule has 1 aromatic rings. The van der Waals surface area contributed by atoms with Crippen LogP contribution in [-0.4, -0.2) is 40.0 Å². The van der Waals surface area contributed by atoms with Gasteiger partial charge in [0, 0.05) is 24.2 Å². The predicted octanol–water partition coefficient (Wildman–Crippen LogP) is 2.40. The summed E-state index contributed by atoms with van der Waals surface area (Å²) in [6.45, 7) is 6.32. The maximum Gasteiger partial charge on any atom is 0.137 e. The average molecular weight is 267 g/mol. The summed E-state index contributed by atoms with van der Waals surface area (Å²) < 4.78 is 0. The Morgan fingerprint density at radius 1 is 1.22 bits per heavy atom. The van der Waals surface area contributed by atoms with Gasteiger partial charge in [-0.25, -0.2) is 9.97 Å². The molecule has 0 aliphatic carbocycles. The van der Waals surface area contributed by atoms with E-state index >= 15 is 0 Å². The van der Waals surface area contributed by atoms with E-state index in [0.717, 1.165) is 17.2 Å². The first-order valence-electron chi connectivity index (χ1n) is 6.66. The molecule has 0 saturated carbocycles. The SMILES string of the molecule is Cc1nc(Cl)c(C)c(NC2CCN3CCCC23)n1. The van der Waals surface area contributed by atoms with E-state index < -0.39 is 0 Å². The van der Waals surface area contributed by atoms with Gasteiger partial charge in [-0.15, -0.1) is 0 Å². The predicted molar refractivity (Wildman–Crippen MR) is 73.1 cm³/mol. The molecule has 2 aliphatic heterocycles. The number of aromatic nitrogens is 2. The molecule has 98 valence electrons. The second-order valence-electron chi connectivity index (χ2n) is 5.32. The van der Waals surface area contributed by atoms with Gasteiger partial charge in [0.05, 0.1) is 0 Å². The zero-order valence-corrected chi connectivity index (χ0v) is 11.7. The summed E-state index contributed by atoms with van der Waals surface area (Å²) in [5.74, 6) is 1.64. The molecule has 2 fully saturated rings. The fourth-order valence-corrected chi connectivity index (χ4v) is 3.37.